The number of rotatable bonds is 5. The second-order valence-corrected chi connectivity index (χ2v) is 7.98. The quantitative estimate of drug-likeness (QED) is 0.864. The second-order valence-electron chi connectivity index (χ2n) is 7.98. The van der Waals surface area contributed by atoms with E-state index in [-0.39, 0.29) is 5.91 Å². The molecule has 2 aliphatic carbocycles. The number of nitrogens with one attached hydrogen (secondary N) is 1. The van der Waals surface area contributed by atoms with E-state index < -0.39 is 5.91 Å². The van der Waals surface area contributed by atoms with Crippen LogP contribution in [0.1, 0.15) is 55.3 Å². The maximum Gasteiger partial charge on any atom is 0.248 e. The third-order valence-electron chi connectivity index (χ3n) is 6.33. The van der Waals surface area contributed by atoms with Crippen molar-refractivity contribution in [2.45, 2.75) is 44.9 Å². The number of hydrogen-bond donors (Lipinski definition) is 2. The molecule has 1 aliphatic heterocycles. The summed E-state index contributed by atoms with van der Waals surface area (Å²) < 4.78 is 0. The number of benzene rings is 1. The molecule has 5 nitrogen and oxygen atoms in total. The number of amides is 2. The van der Waals surface area contributed by atoms with Crippen LogP contribution in [0.4, 0.5) is 11.4 Å². The van der Waals surface area contributed by atoms with Crippen LogP contribution >= 0.6 is 0 Å². The molecule has 5 heteroatoms. The molecule has 1 saturated heterocycles. The van der Waals surface area contributed by atoms with Crippen LogP contribution < -0.4 is 16.0 Å². The molecule has 3 atom stereocenters. The zero-order valence-corrected chi connectivity index (χ0v) is 14.7. The number of carbonyl (C=O) groups excluding carboxylic acids is 2. The molecule has 0 spiro atoms. The minimum atomic E-state index is -0.462. The summed E-state index contributed by atoms with van der Waals surface area (Å²) in [5, 5.41) is 3.08. The van der Waals surface area contributed by atoms with Gasteiger partial charge in [0.25, 0.3) is 0 Å². The van der Waals surface area contributed by atoms with Crippen LogP contribution in [0.25, 0.3) is 0 Å². The average Bonchev–Trinajstić information content (AvgIpc) is 3.32. The van der Waals surface area contributed by atoms with E-state index in [0.717, 1.165) is 49.1 Å². The average molecular weight is 341 g/mol. The Morgan fingerprint density at radius 3 is 2.60 bits per heavy atom. The van der Waals surface area contributed by atoms with Crippen molar-refractivity contribution in [1.29, 1.82) is 0 Å². The Balaban J connectivity index is 1.50. The monoisotopic (exact) mass is 341 g/mol. The predicted octanol–water partition coefficient (Wildman–Crippen LogP) is 3.15. The minimum Gasteiger partial charge on any atom is -0.370 e. The first-order valence-corrected chi connectivity index (χ1v) is 9.59. The third-order valence-corrected chi connectivity index (χ3v) is 6.33. The number of fused-ring (bicyclic) bond motifs is 2. The molecule has 0 radical (unpaired) electrons. The van der Waals surface area contributed by atoms with Crippen molar-refractivity contribution >= 4 is 23.2 Å². The van der Waals surface area contributed by atoms with E-state index in [4.69, 9.17) is 5.73 Å². The van der Waals surface area contributed by atoms with Gasteiger partial charge in [0.2, 0.25) is 11.8 Å². The molecule has 134 valence electrons. The number of carbonyl (C=O) groups is 2. The van der Waals surface area contributed by atoms with Crippen molar-refractivity contribution < 1.29 is 9.59 Å². The second kappa shape index (κ2) is 6.70. The van der Waals surface area contributed by atoms with Gasteiger partial charge in [-0.3, -0.25) is 9.59 Å². The molecule has 3 fully saturated rings. The van der Waals surface area contributed by atoms with Crippen LogP contribution in [-0.4, -0.2) is 24.9 Å². The van der Waals surface area contributed by atoms with Crippen molar-refractivity contribution in [2.24, 2.45) is 23.5 Å². The molecule has 2 saturated carbocycles. The first kappa shape index (κ1) is 16.4. The zero-order chi connectivity index (χ0) is 17.4. The Kier molecular flexibility index (Phi) is 4.40. The number of nitrogens with two attached hydrogens (primary N) is 1. The lowest BCUT2D eigenvalue weighted by Crippen LogP contribution is -2.24. The van der Waals surface area contributed by atoms with Crippen LogP contribution in [0.3, 0.4) is 0 Å². The Morgan fingerprint density at radius 1 is 1.16 bits per heavy atom. The highest BCUT2D eigenvalue weighted by Gasteiger charge is 2.40. The van der Waals surface area contributed by atoms with Gasteiger partial charge >= 0.3 is 0 Å². The van der Waals surface area contributed by atoms with Gasteiger partial charge in [0.1, 0.15) is 0 Å². The maximum atomic E-state index is 12.6. The Labute approximate surface area is 148 Å². The first-order chi connectivity index (χ1) is 12.1. The van der Waals surface area contributed by atoms with Crippen LogP contribution in [-0.2, 0) is 4.79 Å². The van der Waals surface area contributed by atoms with E-state index >= 15 is 0 Å². The summed E-state index contributed by atoms with van der Waals surface area (Å²) in [5.74, 6) is 1.73. The Hall–Kier alpha value is -2.04. The van der Waals surface area contributed by atoms with E-state index in [1.54, 1.807) is 12.1 Å². The fourth-order valence-corrected chi connectivity index (χ4v) is 5.09. The third kappa shape index (κ3) is 3.37. The molecule has 1 aromatic rings. The van der Waals surface area contributed by atoms with E-state index in [1.165, 1.54) is 25.7 Å². The van der Waals surface area contributed by atoms with E-state index in [9.17, 15) is 9.59 Å². The topological polar surface area (TPSA) is 75.4 Å². The lowest BCUT2D eigenvalue weighted by atomic mass is 9.86. The van der Waals surface area contributed by atoms with Gasteiger partial charge in [-0.2, -0.15) is 0 Å². The fraction of sp³-hybridized carbons (Fsp3) is 0.600. The Morgan fingerprint density at radius 2 is 1.96 bits per heavy atom. The molecule has 3 aliphatic rings. The number of anilines is 2. The van der Waals surface area contributed by atoms with E-state index in [2.05, 4.69) is 10.2 Å². The molecule has 25 heavy (non-hydrogen) atoms. The molecule has 2 bridgehead atoms. The normalized spacial score (nSPS) is 27.7. The van der Waals surface area contributed by atoms with Crippen molar-refractivity contribution in [3.63, 3.8) is 0 Å². The van der Waals surface area contributed by atoms with Crippen molar-refractivity contribution in [3.8, 4) is 0 Å². The van der Waals surface area contributed by atoms with Gasteiger partial charge in [0.05, 0.1) is 11.4 Å². The van der Waals surface area contributed by atoms with Gasteiger partial charge in [-0.1, -0.05) is 6.42 Å². The van der Waals surface area contributed by atoms with Crippen molar-refractivity contribution in [1.82, 2.24) is 0 Å². The van der Waals surface area contributed by atoms with Gasteiger partial charge in [0.15, 0.2) is 0 Å². The molecular formula is C20H27N3O2. The van der Waals surface area contributed by atoms with Gasteiger partial charge in [-0.25, -0.2) is 0 Å². The Bertz CT molecular complexity index is 682. The summed E-state index contributed by atoms with van der Waals surface area (Å²) in [4.78, 5) is 26.5. The number of nitrogens with zero attached hydrogens (tertiary/aromatic N) is 1. The molecule has 1 heterocycles. The largest absolute Gasteiger partial charge is 0.370 e. The highest BCUT2D eigenvalue weighted by atomic mass is 16.2. The summed E-state index contributed by atoms with van der Waals surface area (Å²) in [5.41, 5.74) is 7.60. The standard InChI is InChI=1S/C20H27N3O2/c21-20(25)15-5-6-18(23-7-1-2-8-23)17(11-15)22-19(24)12-16-10-13-3-4-14(16)9-13/h5-6,11,13-14,16H,1-4,7-10,12H2,(H2,21,25)(H,22,24)/t13-,14-,16+/m0/s1. The van der Waals surface area contributed by atoms with Crippen LogP contribution in [0.2, 0.25) is 0 Å². The highest BCUT2D eigenvalue weighted by molar-refractivity contribution is 5.99. The van der Waals surface area contributed by atoms with Crippen molar-refractivity contribution in [3.05, 3.63) is 23.8 Å². The van der Waals surface area contributed by atoms with E-state index in [0.29, 0.717) is 17.9 Å². The SMILES string of the molecule is NC(=O)c1ccc(N2CCCC2)c(NC(=O)C[C@H]2C[C@H]3CC[C@H]2C3)c1. The van der Waals surface area contributed by atoms with Crippen molar-refractivity contribution in [2.75, 3.05) is 23.3 Å². The molecule has 1 aromatic carbocycles. The maximum absolute atomic E-state index is 12.6. The lowest BCUT2D eigenvalue weighted by molar-refractivity contribution is -0.117. The predicted molar refractivity (Wildman–Crippen MR) is 98.6 cm³/mol. The summed E-state index contributed by atoms with van der Waals surface area (Å²) in [6.45, 7) is 1.98. The molecular weight excluding hydrogens is 314 g/mol. The molecule has 0 unspecified atom stereocenters. The van der Waals surface area contributed by atoms with Crippen LogP contribution in [0, 0.1) is 17.8 Å². The van der Waals surface area contributed by atoms with Crippen LogP contribution in [0.5, 0.6) is 0 Å². The fourth-order valence-electron chi connectivity index (χ4n) is 5.09. The number of primary amides is 1. The molecule has 3 N–H and O–H groups in total. The lowest BCUT2D eigenvalue weighted by Gasteiger charge is -2.24. The zero-order valence-electron chi connectivity index (χ0n) is 14.7. The molecule has 0 aromatic heterocycles. The minimum absolute atomic E-state index is 0.0691. The first-order valence-electron chi connectivity index (χ1n) is 9.59. The molecule has 2 amide bonds. The highest BCUT2D eigenvalue weighted by Crippen LogP contribution is 2.49. The van der Waals surface area contributed by atoms with Gasteiger partial charge in [-0.15, -0.1) is 0 Å². The summed E-state index contributed by atoms with van der Waals surface area (Å²) in [7, 11) is 0. The molecule has 4 rings (SSSR count). The smallest absolute Gasteiger partial charge is 0.248 e. The van der Waals surface area contributed by atoms with Gasteiger partial charge in [-0.05, 0) is 68.1 Å². The van der Waals surface area contributed by atoms with Gasteiger partial charge < -0.3 is 16.0 Å². The van der Waals surface area contributed by atoms with Crippen LogP contribution in [0.15, 0.2) is 18.2 Å². The summed E-state index contributed by atoms with van der Waals surface area (Å²) >= 11 is 0. The van der Waals surface area contributed by atoms with Gasteiger partial charge in [0, 0.05) is 25.1 Å². The van der Waals surface area contributed by atoms with E-state index in [1.807, 2.05) is 6.07 Å². The summed E-state index contributed by atoms with van der Waals surface area (Å²) in [6, 6.07) is 5.40. The summed E-state index contributed by atoms with van der Waals surface area (Å²) in [6.07, 6.45) is 8.08. The number of hydrogen-bond acceptors (Lipinski definition) is 3.